The Morgan fingerprint density at radius 1 is 1.19 bits per heavy atom. The second-order valence-electron chi connectivity index (χ2n) is 9.59. The zero-order valence-corrected chi connectivity index (χ0v) is 20.4. The Morgan fingerprint density at radius 3 is 2.61 bits per heavy atom. The van der Waals surface area contributed by atoms with E-state index in [2.05, 4.69) is 15.5 Å². The van der Waals surface area contributed by atoms with E-state index in [4.69, 9.17) is 9.47 Å². The smallest absolute Gasteiger partial charge is 0.337 e. The van der Waals surface area contributed by atoms with Crippen molar-refractivity contribution >= 4 is 17.6 Å². The largest absolute Gasteiger partial charge is 0.466 e. The summed E-state index contributed by atoms with van der Waals surface area (Å²) < 4.78 is 25.2. The number of likely N-dealkylation sites (N-methyl/N-ethyl adjacent to an activating group) is 1. The lowest BCUT2D eigenvalue weighted by Crippen LogP contribution is -2.49. The molecule has 0 spiro atoms. The Balaban J connectivity index is 1.53. The maximum Gasteiger partial charge on any atom is 0.337 e. The number of hydrogen-bond donors (Lipinski definition) is 2. The highest BCUT2D eigenvalue weighted by Gasteiger charge is 2.58. The van der Waals surface area contributed by atoms with E-state index < -0.39 is 23.7 Å². The number of rotatable bonds is 8. The number of halogens is 1. The normalized spacial score (nSPS) is 25.8. The Kier molecular flexibility index (Phi) is 6.64. The van der Waals surface area contributed by atoms with Gasteiger partial charge in [0, 0.05) is 18.3 Å². The fourth-order valence-corrected chi connectivity index (χ4v) is 5.38. The summed E-state index contributed by atoms with van der Waals surface area (Å²) in [5.41, 5.74) is 0.947. The average Bonchev–Trinajstić information content (AvgIpc) is 3.59. The van der Waals surface area contributed by atoms with Gasteiger partial charge in [-0.3, -0.25) is 4.79 Å². The Bertz CT molecular complexity index is 1200. The second-order valence-corrected chi connectivity index (χ2v) is 9.59. The summed E-state index contributed by atoms with van der Waals surface area (Å²) in [7, 11) is 3.32. The highest BCUT2D eigenvalue weighted by Crippen LogP contribution is 2.47. The zero-order valence-electron chi connectivity index (χ0n) is 20.4. The van der Waals surface area contributed by atoms with Gasteiger partial charge >= 0.3 is 5.97 Å². The molecule has 2 bridgehead atoms. The summed E-state index contributed by atoms with van der Waals surface area (Å²) >= 11 is 0. The van der Waals surface area contributed by atoms with Crippen molar-refractivity contribution in [3.63, 3.8) is 0 Å². The Morgan fingerprint density at radius 2 is 1.94 bits per heavy atom. The molecule has 3 aliphatic rings. The quantitative estimate of drug-likeness (QED) is 0.437. The number of hydrogen-bond acceptors (Lipinski definition) is 6. The summed E-state index contributed by atoms with van der Waals surface area (Å²) in [5.74, 6) is -1.26. The first-order valence-corrected chi connectivity index (χ1v) is 12.1. The van der Waals surface area contributed by atoms with Gasteiger partial charge < -0.3 is 25.0 Å². The van der Waals surface area contributed by atoms with Crippen LogP contribution in [-0.2, 0) is 25.5 Å². The monoisotopic (exact) mass is 491 g/mol. The van der Waals surface area contributed by atoms with Crippen LogP contribution >= 0.6 is 0 Å². The number of benzene rings is 2. The van der Waals surface area contributed by atoms with Crippen molar-refractivity contribution in [2.45, 2.75) is 36.6 Å². The minimum absolute atomic E-state index is 0.00501. The van der Waals surface area contributed by atoms with Crippen molar-refractivity contribution in [3.8, 4) is 0 Å². The number of ether oxygens (including phenoxy) is 2. The number of fused-ring (bicyclic) bond motifs is 2. The molecule has 3 heterocycles. The molecule has 36 heavy (non-hydrogen) atoms. The van der Waals surface area contributed by atoms with Crippen LogP contribution in [0.1, 0.15) is 12.0 Å². The molecule has 2 N–H and O–H groups in total. The molecule has 1 saturated heterocycles. The molecular weight excluding hydrogens is 461 g/mol. The van der Waals surface area contributed by atoms with Crippen LogP contribution in [0, 0.1) is 5.82 Å². The van der Waals surface area contributed by atoms with Crippen molar-refractivity contribution in [3.05, 3.63) is 89.3 Å². The van der Waals surface area contributed by atoms with E-state index in [0.29, 0.717) is 12.1 Å². The lowest BCUT2D eigenvalue weighted by molar-refractivity contribution is -0.138. The Hall–Kier alpha value is -3.49. The van der Waals surface area contributed by atoms with E-state index in [1.165, 1.54) is 19.2 Å². The molecule has 8 heteroatoms. The highest BCUT2D eigenvalue weighted by molar-refractivity contribution is 6.07. The number of carbonyl (C=O) groups excluding carboxylic acids is 2. The maximum absolute atomic E-state index is 13.6. The van der Waals surface area contributed by atoms with Gasteiger partial charge in [-0.25, -0.2) is 9.18 Å². The SMILES string of the molecule is COC(=O)C1=C(C(=O)NC2CCN(C)C2)C2C=CC1(C(Cc1ccccc1)Nc1ccc(F)cc1)O2. The van der Waals surface area contributed by atoms with Gasteiger partial charge in [0.25, 0.3) is 5.91 Å². The molecule has 0 aromatic heterocycles. The van der Waals surface area contributed by atoms with Crippen LogP contribution in [0.2, 0.25) is 0 Å². The molecule has 4 atom stereocenters. The summed E-state index contributed by atoms with van der Waals surface area (Å²) in [4.78, 5) is 28.8. The number of nitrogens with zero attached hydrogens (tertiary/aromatic N) is 1. The predicted octanol–water partition coefficient (Wildman–Crippen LogP) is 2.85. The third kappa shape index (κ3) is 4.54. The molecule has 2 aromatic carbocycles. The molecule has 0 aliphatic carbocycles. The molecule has 188 valence electrons. The lowest BCUT2D eigenvalue weighted by atomic mass is 9.78. The van der Waals surface area contributed by atoms with Gasteiger partial charge in [0.15, 0.2) is 0 Å². The molecular formula is C28H30FN3O4. The van der Waals surface area contributed by atoms with Crippen molar-refractivity contribution in [2.24, 2.45) is 0 Å². The van der Waals surface area contributed by atoms with Crippen molar-refractivity contribution in [1.82, 2.24) is 10.2 Å². The number of anilines is 1. The molecule has 4 unspecified atom stereocenters. The van der Waals surface area contributed by atoms with Gasteiger partial charge in [0.05, 0.1) is 24.3 Å². The lowest BCUT2D eigenvalue weighted by Gasteiger charge is -2.36. The van der Waals surface area contributed by atoms with E-state index in [0.717, 1.165) is 25.1 Å². The van der Waals surface area contributed by atoms with Crippen LogP contribution < -0.4 is 10.6 Å². The molecule has 2 aromatic rings. The van der Waals surface area contributed by atoms with Crippen LogP contribution in [-0.4, -0.2) is 67.8 Å². The first-order chi connectivity index (χ1) is 17.4. The fourth-order valence-electron chi connectivity index (χ4n) is 5.38. The number of likely N-dealkylation sites (tertiary alicyclic amines) is 1. The summed E-state index contributed by atoms with van der Waals surface area (Å²) in [6.45, 7) is 1.65. The summed E-state index contributed by atoms with van der Waals surface area (Å²) in [6.07, 6.45) is 4.34. The van der Waals surface area contributed by atoms with Crippen LogP contribution in [0.15, 0.2) is 77.9 Å². The van der Waals surface area contributed by atoms with Crippen LogP contribution in [0.4, 0.5) is 10.1 Å². The third-order valence-corrected chi connectivity index (χ3v) is 7.13. The highest BCUT2D eigenvalue weighted by atomic mass is 19.1. The molecule has 0 radical (unpaired) electrons. The topological polar surface area (TPSA) is 79.9 Å². The second kappa shape index (κ2) is 9.87. The minimum atomic E-state index is -1.23. The van der Waals surface area contributed by atoms with Gasteiger partial charge in [-0.2, -0.15) is 0 Å². The van der Waals surface area contributed by atoms with E-state index >= 15 is 0 Å². The van der Waals surface area contributed by atoms with Gasteiger partial charge in [-0.15, -0.1) is 0 Å². The van der Waals surface area contributed by atoms with Crippen molar-refractivity contribution < 1.29 is 23.5 Å². The van der Waals surface area contributed by atoms with E-state index in [9.17, 15) is 14.0 Å². The molecule has 3 aliphatic heterocycles. The van der Waals surface area contributed by atoms with Crippen molar-refractivity contribution in [2.75, 3.05) is 32.6 Å². The molecule has 1 amide bonds. The standard InChI is InChI=1S/C28H30FN3O4/c1-32-15-13-21(17-32)31-26(33)24-22-12-14-28(36-22,25(24)27(34)35-2)23(16-18-6-4-3-5-7-18)30-20-10-8-19(29)9-11-20/h3-12,14,21-23,30H,13,15-17H2,1-2H3,(H,31,33). The summed E-state index contributed by atoms with van der Waals surface area (Å²) in [6, 6.07) is 15.4. The van der Waals surface area contributed by atoms with Crippen LogP contribution in [0.5, 0.6) is 0 Å². The van der Waals surface area contributed by atoms with E-state index in [1.807, 2.05) is 49.5 Å². The minimum Gasteiger partial charge on any atom is -0.466 e. The Labute approximate surface area is 210 Å². The first kappa shape index (κ1) is 24.2. The molecule has 1 fully saturated rings. The third-order valence-electron chi connectivity index (χ3n) is 7.13. The van der Waals surface area contributed by atoms with E-state index in [-0.39, 0.29) is 28.9 Å². The van der Waals surface area contributed by atoms with Crippen LogP contribution in [0.25, 0.3) is 0 Å². The van der Waals surface area contributed by atoms with Gasteiger partial charge in [0.2, 0.25) is 0 Å². The number of carbonyl (C=O) groups is 2. The van der Waals surface area contributed by atoms with Crippen LogP contribution in [0.3, 0.4) is 0 Å². The molecule has 7 nitrogen and oxygen atoms in total. The summed E-state index contributed by atoms with van der Waals surface area (Å²) in [5, 5.41) is 6.52. The van der Waals surface area contributed by atoms with Gasteiger partial charge in [-0.05, 0) is 62.3 Å². The number of methoxy groups -OCH3 is 1. The molecule has 5 rings (SSSR count). The number of esters is 1. The predicted molar refractivity (Wildman–Crippen MR) is 134 cm³/mol. The van der Waals surface area contributed by atoms with Gasteiger partial charge in [0.1, 0.15) is 17.5 Å². The van der Waals surface area contributed by atoms with E-state index in [1.54, 1.807) is 12.1 Å². The number of amides is 1. The maximum atomic E-state index is 13.6. The average molecular weight is 492 g/mol. The zero-order chi connectivity index (χ0) is 25.3. The molecule has 0 saturated carbocycles. The fraction of sp³-hybridized carbons (Fsp3) is 0.357. The first-order valence-electron chi connectivity index (χ1n) is 12.1. The number of nitrogens with one attached hydrogen (secondary N) is 2. The van der Waals surface area contributed by atoms with Crippen molar-refractivity contribution in [1.29, 1.82) is 0 Å². The van der Waals surface area contributed by atoms with Gasteiger partial charge in [-0.1, -0.05) is 36.4 Å².